The third-order valence-electron chi connectivity index (χ3n) is 6.18. The van der Waals surface area contributed by atoms with Crippen molar-refractivity contribution in [3.8, 4) is 11.5 Å². The second-order valence-corrected chi connectivity index (χ2v) is 8.53. The van der Waals surface area contributed by atoms with Gasteiger partial charge in [-0.3, -0.25) is 9.59 Å². The van der Waals surface area contributed by atoms with Gasteiger partial charge in [-0.05, 0) is 31.6 Å². The first kappa shape index (κ1) is 25.6. The quantitative estimate of drug-likeness (QED) is 0.321. The van der Waals surface area contributed by atoms with E-state index in [0.717, 1.165) is 24.2 Å². The van der Waals surface area contributed by atoms with Gasteiger partial charge >= 0.3 is 0 Å². The number of amides is 1. The van der Waals surface area contributed by atoms with Gasteiger partial charge in [-0.15, -0.1) is 0 Å². The molecule has 0 radical (unpaired) electrons. The van der Waals surface area contributed by atoms with Crippen molar-refractivity contribution in [1.29, 1.82) is 0 Å². The highest BCUT2D eigenvalue weighted by molar-refractivity contribution is 6.46. The van der Waals surface area contributed by atoms with E-state index in [1.807, 2.05) is 31.2 Å². The Morgan fingerprint density at radius 3 is 2.35 bits per heavy atom. The van der Waals surface area contributed by atoms with E-state index in [-0.39, 0.29) is 22.6 Å². The van der Waals surface area contributed by atoms with Gasteiger partial charge in [0.2, 0.25) is 0 Å². The summed E-state index contributed by atoms with van der Waals surface area (Å²) in [6, 6.07) is 9.89. The van der Waals surface area contributed by atoms with Crippen LogP contribution in [0, 0.1) is 6.92 Å². The maximum Gasteiger partial charge on any atom is 0.295 e. The SMILES string of the molecule is CCN(CC)CCN1C(=O)C(=O)/C(=C(/O)c2cc(OC)c(Cl)cc2OC)C1c1cccc(C)c1. The summed E-state index contributed by atoms with van der Waals surface area (Å²) in [4.78, 5) is 30.2. The molecule has 34 heavy (non-hydrogen) atoms. The third kappa shape index (κ3) is 4.91. The molecule has 0 aliphatic carbocycles. The second kappa shape index (κ2) is 10.9. The Hall–Kier alpha value is -3.03. The van der Waals surface area contributed by atoms with Crippen molar-refractivity contribution in [2.75, 3.05) is 40.4 Å². The van der Waals surface area contributed by atoms with Gasteiger partial charge in [-0.2, -0.15) is 0 Å². The minimum atomic E-state index is -0.737. The standard InChI is InChI=1S/C26H31ClN2O5/c1-6-28(7-2)11-12-29-23(17-10-8-9-16(3)13-17)22(25(31)26(29)32)24(30)18-14-21(34-5)19(27)15-20(18)33-4/h8-10,13-15,23,30H,6-7,11-12H2,1-5H3/b24-22+. The Kier molecular flexibility index (Phi) is 8.23. The monoisotopic (exact) mass is 486 g/mol. The van der Waals surface area contributed by atoms with Crippen molar-refractivity contribution < 1.29 is 24.2 Å². The van der Waals surface area contributed by atoms with E-state index in [1.165, 1.54) is 26.4 Å². The molecule has 3 rings (SSSR count). The van der Waals surface area contributed by atoms with Gasteiger partial charge in [0, 0.05) is 19.2 Å². The summed E-state index contributed by atoms with van der Waals surface area (Å²) in [5.41, 5.74) is 1.97. The van der Waals surface area contributed by atoms with Crippen LogP contribution in [0.15, 0.2) is 42.0 Å². The number of rotatable bonds is 9. The van der Waals surface area contributed by atoms with E-state index >= 15 is 0 Å². The summed E-state index contributed by atoms with van der Waals surface area (Å²) >= 11 is 6.22. The summed E-state index contributed by atoms with van der Waals surface area (Å²) in [5, 5.41) is 11.7. The number of hydrogen-bond donors (Lipinski definition) is 1. The normalized spacial score (nSPS) is 17.5. The lowest BCUT2D eigenvalue weighted by atomic mass is 9.94. The average molecular weight is 487 g/mol. The number of hydrogen-bond acceptors (Lipinski definition) is 6. The van der Waals surface area contributed by atoms with Gasteiger partial charge < -0.3 is 24.4 Å². The molecule has 0 bridgehead atoms. The highest BCUT2D eigenvalue weighted by atomic mass is 35.5. The van der Waals surface area contributed by atoms with Crippen molar-refractivity contribution in [1.82, 2.24) is 9.80 Å². The number of methoxy groups -OCH3 is 2. The number of likely N-dealkylation sites (tertiary alicyclic amines) is 1. The molecule has 1 aliphatic rings. The van der Waals surface area contributed by atoms with Gasteiger partial charge in [-0.1, -0.05) is 55.3 Å². The third-order valence-corrected chi connectivity index (χ3v) is 6.47. The molecule has 1 atom stereocenters. The zero-order chi connectivity index (χ0) is 25.0. The largest absolute Gasteiger partial charge is 0.507 e. The Morgan fingerprint density at radius 1 is 1.09 bits per heavy atom. The Balaban J connectivity index is 2.20. The minimum absolute atomic E-state index is 0.0119. The summed E-state index contributed by atoms with van der Waals surface area (Å²) in [5.74, 6) is -1.13. The van der Waals surface area contributed by atoms with Crippen LogP contribution in [0.2, 0.25) is 5.02 Å². The van der Waals surface area contributed by atoms with Crippen molar-refractivity contribution >= 4 is 29.1 Å². The number of carbonyl (C=O) groups is 2. The highest BCUT2D eigenvalue weighted by Crippen LogP contribution is 2.43. The molecule has 2 aromatic carbocycles. The van der Waals surface area contributed by atoms with Gasteiger partial charge in [0.15, 0.2) is 0 Å². The minimum Gasteiger partial charge on any atom is -0.507 e. The zero-order valence-corrected chi connectivity index (χ0v) is 21.0. The van der Waals surface area contributed by atoms with Crippen molar-refractivity contribution in [2.45, 2.75) is 26.8 Å². The maximum atomic E-state index is 13.3. The average Bonchev–Trinajstić information content (AvgIpc) is 3.09. The number of halogens is 1. The van der Waals surface area contributed by atoms with Crippen LogP contribution < -0.4 is 9.47 Å². The molecule has 182 valence electrons. The van der Waals surface area contributed by atoms with E-state index in [4.69, 9.17) is 21.1 Å². The predicted molar refractivity (Wildman–Crippen MR) is 133 cm³/mol. The lowest BCUT2D eigenvalue weighted by Gasteiger charge is -2.28. The summed E-state index contributed by atoms with van der Waals surface area (Å²) < 4.78 is 10.7. The maximum absolute atomic E-state index is 13.3. The van der Waals surface area contributed by atoms with Crippen molar-refractivity contribution in [2.24, 2.45) is 0 Å². The van der Waals surface area contributed by atoms with E-state index in [1.54, 1.807) is 4.90 Å². The first-order chi connectivity index (χ1) is 16.3. The van der Waals surface area contributed by atoms with Gasteiger partial charge in [-0.25, -0.2) is 0 Å². The molecule has 0 saturated carbocycles. The van der Waals surface area contributed by atoms with Crippen LogP contribution in [-0.2, 0) is 9.59 Å². The zero-order valence-electron chi connectivity index (χ0n) is 20.2. The number of ether oxygens (including phenoxy) is 2. The van der Waals surface area contributed by atoms with E-state index in [9.17, 15) is 14.7 Å². The fourth-order valence-corrected chi connectivity index (χ4v) is 4.51. The molecule has 7 nitrogen and oxygen atoms in total. The van der Waals surface area contributed by atoms with Crippen LogP contribution in [-0.4, -0.2) is 67.0 Å². The molecule has 1 saturated heterocycles. The van der Waals surface area contributed by atoms with Crippen molar-refractivity contribution in [3.05, 3.63) is 63.7 Å². The molecule has 1 amide bonds. The van der Waals surface area contributed by atoms with Crippen LogP contribution in [0.5, 0.6) is 11.5 Å². The molecule has 1 heterocycles. The van der Waals surface area contributed by atoms with Crippen LogP contribution in [0.4, 0.5) is 0 Å². The molecular formula is C26H31ClN2O5. The molecule has 0 aromatic heterocycles. The number of nitrogens with zero attached hydrogens (tertiary/aromatic N) is 2. The highest BCUT2D eigenvalue weighted by Gasteiger charge is 2.46. The fraction of sp³-hybridized carbons (Fsp3) is 0.385. The van der Waals surface area contributed by atoms with Crippen LogP contribution in [0.1, 0.15) is 36.6 Å². The molecule has 0 spiro atoms. The molecule has 2 aromatic rings. The first-order valence-electron chi connectivity index (χ1n) is 11.3. The topological polar surface area (TPSA) is 79.3 Å². The van der Waals surface area contributed by atoms with Crippen LogP contribution in [0.25, 0.3) is 5.76 Å². The summed E-state index contributed by atoms with van der Waals surface area (Å²) in [7, 11) is 2.89. The number of Topliss-reactive ketones (excluding diaryl/α,β-unsaturated/α-hetero) is 1. The Morgan fingerprint density at radius 2 is 1.76 bits per heavy atom. The lowest BCUT2D eigenvalue weighted by Crippen LogP contribution is -2.38. The van der Waals surface area contributed by atoms with Crippen molar-refractivity contribution in [3.63, 3.8) is 0 Å². The number of carbonyl (C=O) groups excluding carboxylic acids is 2. The summed E-state index contributed by atoms with van der Waals surface area (Å²) in [6.45, 7) is 8.67. The number of ketones is 1. The molecule has 8 heteroatoms. The number of aliphatic hydroxyl groups excluding tert-OH is 1. The lowest BCUT2D eigenvalue weighted by molar-refractivity contribution is -0.140. The predicted octanol–water partition coefficient (Wildman–Crippen LogP) is 4.43. The fourth-order valence-electron chi connectivity index (χ4n) is 4.28. The summed E-state index contributed by atoms with van der Waals surface area (Å²) in [6.07, 6.45) is 0. The van der Waals surface area contributed by atoms with Crippen LogP contribution in [0.3, 0.4) is 0 Å². The number of benzene rings is 2. The van der Waals surface area contributed by atoms with Gasteiger partial charge in [0.25, 0.3) is 11.7 Å². The Labute approximate surface area is 205 Å². The molecule has 1 aliphatic heterocycles. The molecule has 1 unspecified atom stereocenters. The van der Waals surface area contributed by atoms with Gasteiger partial charge in [0.1, 0.15) is 17.3 Å². The van der Waals surface area contributed by atoms with Crippen LogP contribution >= 0.6 is 11.6 Å². The molecular weight excluding hydrogens is 456 g/mol. The van der Waals surface area contributed by atoms with Gasteiger partial charge in [0.05, 0.1) is 36.4 Å². The van der Waals surface area contributed by atoms with E-state index < -0.39 is 17.7 Å². The molecule has 1 N–H and O–H groups in total. The smallest absolute Gasteiger partial charge is 0.295 e. The second-order valence-electron chi connectivity index (χ2n) is 8.12. The van der Waals surface area contributed by atoms with E-state index in [0.29, 0.717) is 23.9 Å². The first-order valence-corrected chi connectivity index (χ1v) is 11.6. The Bertz CT molecular complexity index is 1110. The number of aliphatic hydroxyl groups is 1. The molecule has 1 fully saturated rings. The van der Waals surface area contributed by atoms with E-state index in [2.05, 4.69) is 18.7 Å². The number of likely N-dealkylation sites (N-methyl/N-ethyl adjacent to an activating group) is 1. The number of aryl methyl sites for hydroxylation is 1.